The molecule has 1 heterocycles. The third-order valence-electron chi connectivity index (χ3n) is 4.33. The lowest BCUT2D eigenvalue weighted by Crippen LogP contribution is -2.47. The molecule has 6 nitrogen and oxygen atoms in total. The van der Waals surface area contributed by atoms with Gasteiger partial charge in [-0.05, 0) is 24.2 Å². The molecule has 0 spiro atoms. The maximum atomic E-state index is 12.9. The van der Waals surface area contributed by atoms with Crippen molar-refractivity contribution in [3.8, 4) is 0 Å². The van der Waals surface area contributed by atoms with Gasteiger partial charge in [0, 0.05) is 45.7 Å². The van der Waals surface area contributed by atoms with Gasteiger partial charge in [-0.1, -0.05) is 19.1 Å². The Kier molecular flexibility index (Phi) is 7.81. The van der Waals surface area contributed by atoms with Crippen molar-refractivity contribution in [3.05, 3.63) is 35.6 Å². The summed E-state index contributed by atoms with van der Waals surface area (Å²) in [6.45, 7) is 7.07. The van der Waals surface area contributed by atoms with Crippen molar-refractivity contribution in [2.75, 3.05) is 45.8 Å². The van der Waals surface area contributed by atoms with E-state index in [-0.39, 0.29) is 24.2 Å². The third kappa shape index (κ3) is 6.80. The molecule has 1 aliphatic rings. The van der Waals surface area contributed by atoms with Gasteiger partial charge in [0.15, 0.2) is 0 Å². The SMILES string of the molecule is CCN(CCC(=O)N1CCNCC1)CC(=O)NCc1ccc(F)cc1. The van der Waals surface area contributed by atoms with Crippen molar-refractivity contribution in [2.24, 2.45) is 0 Å². The van der Waals surface area contributed by atoms with Crippen LogP contribution >= 0.6 is 0 Å². The first kappa shape index (κ1) is 19.3. The third-order valence-corrected chi connectivity index (χ3v) is 4.33. The van der Waals surface area contributed by atoms with Crippen LogP contribution in [0, 0.1) is 5.82 Å². The lowest BCUT2D eigenvalue weighted by molar-refractivity contribution is -0.132. The number of amides is 2. The summed E-state index contributed by atoms with van der Waals surface area (Å²) in [5, 5.41) is 6.05. The van der Waals surface area contributed by atoms with Crippen LogP contribution < -0.4 is 10.6 Å². The lowest BCUT2D eigenvalue weighted by Gasteiger charge is -2.28. The molecule has 138 valence electrons. The molecule has 1 aromatic rings. The molecule has 2 amide bonds. The molecule has 0 aromatic heterocycles. The highest BCUT2D eigenvalue weighted by atomic mass is 19.1. The Bertz CT molecular complexity index is 559. The Labute approximate surface area is 148 Å². The number of piperazine rings is 1. The van der Waals surface area contributed by atoms with Crippen LogP contribution in [-0.4, -0.2) is 67.4 Å². The first-order valence-electron chi connectivity index (χ1n) is 8.80. The molecule has 2 N–H and O–H groups in total. The fraction of sp³-hybridized carbons (Fsp3) is 0.556. The largest absolute Gasteiger partial charge is 0.351 e. The van der Waals surface area contributed by atoms with Gasteiger partial charge in [0.05, 0.1) is 6.54 Å². The lowest BCUT2D eigenvalue weighted by atomic mass is 10.2. The molecular formula is C18H27FN4O2. The van der Waals surface area contributed by atoms with Crippen molar-refractivity contribution in [3.63, 3.8) is 0 Å². The van der Waals surface area contributed by atoms with Crippen LogP contribution in [0.3, 0.4) is 0 Å². The summed E-state index contributed by atoms with van der Waals surface area (Å²) in [5.41, 5.74) is 0.853. The average molecular weight is 350 g/mol. The first-order valence-corrected chi connectivity index (χ1v) is 8.80. The van der Waals surface area contributed by atoms with Crippen molar-refractivity contribution in [1.29, 1.82) is 0 Å². The molecule has 0 radical (unpaired) electrons. The molecule has 1 aliphatic heterocycles. The fourth-order valence-electron chi connectivity index (χ4n) is 2.74. The molecule has 1 fully saturated rings. The number of nitrogens with zero attached hydrogens (tertiary/aromatic N) is 2. The van der Waals surface area contributed by atoms with Crippen molar-refractivity contribution in [1.82, 2.24) is 20.4 Å². The smallest absolute Gasteiger partial charge is 0.234 e. The second kappa shape index (κ2) is 10.1. The predicted octanol–water partition coefficient (Wildman–Crippen LogP) is 0.586. The minimum absolute atomic E-state index is 0.0965. The Morgan fingerprint density at radius 2 is 1.92 bits per heavy atom. The molecular weight excluding hydrogens is 323 g/mol. The number of carbonyl (C=O) groups excluding carboxylic acids is 2. The molecule has 1 saturated heterocycles. The van der Waals surface area contributed by atoms with Crippen LogP contribution in [0.2, 0.25) is 0 Å². The number of benzene rings is 1. The van der Waals surface area contributed by atoms with Crippen LogP contribution in [0.1, 0.15) is 18.9 Å². The monoisotopic (exact) mass is 350 g/mol. The minimum atomic E-state index is -0.290. The highest BCUT2D eigenvalue weighted by Gasteiger charge is 2.17. The van der Waals surface area contributed by atoms with Gasteiger partial charge in [-0.3, -0.25) is 14.5 Å². The maximum Gasteiger partial charge on any atom is 0.234 e. The van der Waals surface area contributed by atoms with Crippen LogP contribution in [0.4, 0.5) is 4.39 Å². The molecule has 7 heteroatoms. The first-order chi connectivity index (χ1) is 12.1. The van der Waals surface area contributed by atoms with E-state index in [2.05, 4.69) is 10.6 Å². The molecule has 0 unspecified atom stereocenters. The highest BCUT2D eigenvalue weighted by molar-refractivity contribution is 5.78. The van der Waals surface area contributed by atoms with Gasteiger partial charge in [-0.25, -0.2) is 4.39 Å². The number of halogens is 1. The van der Waals surface area contributed by atoms with E-state index in [1.54, 1.807) is 12.1 Å². The second-order valence-electron chi connectivity index (χ2n) is 6.15. The van der Waals surface area contributed by atoms with Gasteiger partial charge in [-0.15, -0.1) is 0 Å². The zero-order chi connectivity index (χ0) is 18.1. The second-order valence-corrected chi connectivity index (χ2v) is 6.15. The summed E-state index contributed by atoms with van der Waals surface area (Å²) in [6.07, 6.45) is 0.430. The van der Waals surface area contributed by atoms with E-state index in [1.165, 1.54) is 12.1 Å². The van der Waals surface area contributed by atoms with Crippen LogP contribution in [0.15, 0.2) is 24.3 Å². The Hall–Kier alpha value is -1.99. The Balaban J connectivity index is 1.69. The van der Waals surface area contributed by atoms with Gasteiger partial charge >= 0.3 is 0 Å². The van der Waals surface area contributed by atoms with Crippen molar-refractivity contribution in [2.45, 2.75) is 19.9 Å². The van der Waals surface area contributed by atoms with E-state index in [0.29, 0.717) is 26.1 Å². The summed E-state index contributed by atoms with van der Waals surface area (Å²) >= 11 is 0. The van der Waals surface area contributed by atoms with E-state index in [0.717, 1.165) is 31.7 Å². The number of nitrogens with one attached hydrogen (secondary N) is 2. The van der Waals surface area contributed by atoms with Crippen LogP contribution in [0.5, 0.6) is 0 Å². The summed E-state index contributed by atoms with van der Waals surface area (Å²) in [6, 6.07) is 6.06. The van der Waals surface area contributed by atoms with E-state index in [4.69, 9.17) is 0 Å². The van der Waals surface area contributed by atoms with E-state index < -0.39 is 0 Å². The van der Waals surface area contributed by atoms with E-state index >= 15 is 0 Å². The molecule has 0 aliphatic carbocycles. The highest BCUT2D eigenvalue weighted by Crippen LogP contribution is 2.03. The molecule has 0 bridgehead atoms. The quantitative estimate of drug-likeness (QED) is 0.720. The molecule has 25 heavy (non-hydrogen) atoms. The summed E-state index contributed by atoms with van der Waals surface area (Å²) in [5.74, 6) is -0.242. The van der Waals surface area contributed by atoms with Gasteiger partial charge in [0.2, 0.25) is 11.8 Å². The number of likely N-dealkylation sites (N-methyl/N-ethyl adjacent to an activating group) is 1. The Morgan fingerprint density at radius 3 is 2.56 bits per heavy atom. The normalized spacial score (nSPS) is 14.6. The predicted molar refractivity (Wildman–Crippen MR) is 94.4 cm³/mol. The maximum absolute atomic E-state index is 12.9. The van der Waals surface area contributed by atoms with Crippen LogP contribution in [-0.2, 0) is 16.1 Å². The molecule has 1 aromatic carbocycles. The molecule has 2 rings (SSSR count). The number of carbonyl (C=O) groups is 2. The van der Waals surface area contributed by atoms with E-state index in [1.807, 2.05) is 16.7 Å². The van der Waals surface area contributed by atoms with Gasteiger partial charge in [-0.2, -0.15) is 0 Å². The summed E-state index contributed by atoms with van der Waals surface area (Å²) in [4.78, 5) is 28.1. The zero-order valence-corrected chi connectivity index (χ0v) is 14.8. The van der Waals surface area contributed by atoms with Gasteiger partial charge in [0.1, 0.15) is 5.82 Å². The summed E-state index contributed by atoms with van der Waals surface area (Å²) in [7, 11) is 0. The number of hydrogen-bond acceptors (Lipinski definition) is 4. The summed E-state index contributed by atoms with van der Waals surface area (Å²) < 4.78 is 12.9. The van der Waals surface area contributed by atoms with Crippen molar-refractivity contribution >= 4 is 11.8 Å². The van der Waals surface area contributed by atoms with Crippen LogP contribution in [0.25, 0.3) is 0 Å². The van der Waals surface area contributed by atoms with Gasteiger partial charge in [0.25, 0.3) is 0 Å². The fourth-order valence-corrected chi connectivity index (χ4v) is 2.74. The molecule has 0 saturated carbocycles. The topological polar surface area (TPSA) is 64.7 Å². The minimum Gasteiger partial charge on any atom is -0.351 e. The zero-order valence-electron chi connectivity index (χ0n) is 14.8. The van der Waals surface area contributed by atoms with Gasteiger partial charge < -0.3 is 15.5 Å². The van der Waals surface area contributed by atoms with Crippen molar-refractivity contribution < 1.29 is 14.0 Å². The molecule has 0 atom stereocenters. The number of hydrogen-bond donors (Lipinski definition) is 2. The average Bonchev–Trinajstić information content (AvgIpc) is 2.65. The van der Waals surface area contributed by atoms with E-state index in [9.17, 15) is 14.0 Å². The standard InChI is InChI=1S/C18H27FN4O2/c1-2-22(10-7-18(25)23-11-8-20-9-12-23)14-17(24)21-13-15-3-5-16(19)6-4-15/h3-6,20H,2,7-14H2,1H3,(H,21,24). The Morgan fingerprint density at radius 1 is 1.24 bits per heavy atom. The number of rotatable bonds is 8.